The zero-order valence-electron chi connectivity index (χ0n) is 11.6. The maximum absolute atomic E-state index is 13.2. The van der Waals surface area contributed by atoms with E-state index in [-0.39, 0.29) is 6.42 Å². The molecule has 1 aromatic carbocycles. The molecule has 2 aromatic rings. The van der Waals surface area contributed by atoms with Gasteiger partial charge >= 0.3 is 0 Å². The van der Waals surface area contributed by atoms with Crippen molar-refractivity contribution in [3.8, 4) is 0 Å². The van der Waals surface area contributed by atoms with Crippen LogP contribution in [0.25, 0.3) is 0 Å². The monoisotopic (exact) mass is 278 g/mol. The van der Waals surface area contributed by atoms with Gasteiger partial charge in [-0.2, -0.15) is 5.10 Å². The highest BCUT2D eigenvalue weighted by molar-refractivity contribution is 5.48. The van der Waals surface area contributed by atoms with E-state index >= 15 is 0 Å². The number of hydrogen-bond acceptors (Lipinski definition) is 4. The SMILES string of the molecule is CC(C)Cn1ncnc1CC(O)c1cc(F)ccc1N. The van der Waals surface area contributed by atoms with Crippen LogP contribution in [-0.4, -0.2) is 19.9 Å². The van der Waals surface area contributed by atoms with Gasteiger partial charge in [-0.05, 0) is 24.1 Å². The number of hydrogen-bond donors (Lipinski definition) is 2. The highest BCUT2D eigenvalue weighted by atomic mass is 19.1. The topological polar surface area (TPSA) is 77.0 Å². The summed E-state index contributed by atoms with van der Waals surface area (Å²) >= 11 is 0. The van der Waals surface area contributed by atoms with E-state index in [1.165, 1.54) is 24.5 Å². The summed E-state index contributed by atoms with van der Waals surface area (Å²) < 4.78 is 15.0. The van der Waals surface area contributed by atoms with Gasteiger partial charge < -0.3 is 10.8 Å². The third-order valence-corrected chi connectivity index (χ3v) is 3.02. The van der Waals surface area contributed by atoms with E-state index in [1.54, 1.807) is 4.68 Å². The van der Waals surface area contributed by atoms with E-state index in [2.05, 4.69) is 23.9 Å². The average molecular weight is 278 g/mol. The molecule has 20 heavy (non-hydrogen) atoms. The molecule has 1 aromatic heterocycles. The van der Waals surface area contributed by atoms with Crippen molar-refractivity contribution in [3.05, 3.63) is 41.7 Å². The average Bonchev–Trinajstić information content (AvgIpc) is 2.78. The molecule has 0 fully saturated rings. The third kappa shape index (κ3) is 3.33. The molecule has 108 valence electrons. The van der Waals surface area contributed by atoms with Crippen molar-refractivity contribution in [2.24, 2.45) is 5.92 Å². The van der Waals surface area contributed by atoms with E-state index in [9.17, 15) is 9.50 Å². The van der Waals surface area contributed by atoms with Gasteiger partial charge in [-0.25, -0.2) is 14.1 Å². The number of halogens is 1. The van der Waals surface area contributed by atoms with Gasteiger partial charge in [0.25, 0.3) is 0 Å². The first-order chi connectivity index (χ1) is 9.47. The molecule has 5 nitrogen and oxygen atoms in total. The van der Waals surface area contributed by atoms with Gasteiger partial charge in [0.1, 0.15) is 18.0 Å². The molecule has 1 heterocycles. The van der Waals surface area contributed by atoms with Gasteiger partial charge in [-0.3, -0.25) is 0 Å². The number of nitrogens with zero attached hydrogens (tertiary/aromatic N) is 3. The summed E-state index contributed by atoms with van der Waals surface area (Å²) in [5.74, 6) is 0.665. The van der Waals surface area contributed by atoms with Gasteiger partial charge in [0.15, 0.2) is 0 Å². The molecule has 6 heteroatoms. The minimum atomic E-state index is -0.902. The number of nitrogen functional groups attached to an aromatic ring is 1. The largest absolute Gasteiger partial charge is 0.398 e. The van der Waals surface area contributed by atoms with Gasteiger partial charge in [0, 0.05) is 24.2 Å². The minimum Gasteiger partial charge on any atom is -0.398 e. The molecule has 0 spiro atoms. The summed E-state index contributed by atoms with van der Waals surface area (Å²) in [4.78, 5) is 4.14. The summed E-state index contributed by atoms with van der Waals surface area (Å²) in [6, 6.07) is 3.97. The van der Waals surface area contributed by atoms with E-state index in [0.717, 1.165) is 6.54 Å². The van der Waals surface area contributed by atoms with Crippen molar-refractivity contribution >= 4 is 5.69 Å². The zero-order chi connectivity index (χ0) is 14.7. The van der Waals surface area contributed by atoms with E-state index in [1.807, 2.05) is 0 Å². The van der Waals surface area contributed by atoms with Crippen LogP contribution in [0, 0.1) is 11.7 Å². The summed E-state index contributed by atoms with van der Waals surface area (Å²) in [6.07, 6.45) is 0.806. The highest BCUT2D eigenvalue weighted by Gasteiger charge is 2.16. The Balaban J connectivity index is 2.17. The summed E-state index contributed by atoms with van der Waals surface area (Å²) in [5.41, 5.74) is 6.52. The van der Waals surface area contributed by atoms with Crippen LogP contribution >= 0.6 is 0 Å². The third-order valence-electron chi connectivity index (χ3n) is 3.02. The van der Waals surface area contributed by atoms with Crippen molar-refractivity contribution in [2.45, 2.75) is 32.9 Å². The summed E-state index contributed by atoms with van der Waals surface area (Å²) in [6.45, 7) is 4.87. The Labute approximate surface area is 117 Å². The second-order valence-corrected chi connectivity index (χ2v) is 5.25. The lowest BCUT2D eigenvalue weighted by Gasteiger charge is -2.14. The second-order valence-electron chi connectivity index (χ2n) is 5.25. The first-order valence-corrected chi connectivity index (χ1v) is 6.57. The number of aliphatic hydroxyl groups is 1. The molecule has 2 rings (SSSR count). The Bertz CT molecular complexity index is 582. The lowest BCUT2D eigenvalue weighted by molar-refractivity contribution is 0.173. The maximum atomic E-state index is 13.2. The Morgan fingerprint density at radius 2 is 2.15 bits per heavy atom. The Kier molecular flexibility index (Phi) is 4.34. The molecule has 0 saturated heterocycles. The number of rotatable bonds is 5. The molecular weight excluding hydrogens is 259 g/mol. The van der Waals surface area contributed by atoms with E-state index < -0.39 is 11.9 Å². The molecule has 1 unspecified atom stereocenters. The molecule has 1 atom stereocenters. The lowest BCUT2D eigenvalue weighted by Crippen LogP contribution is -2.14. The highest BCUT2D eigenvalue weighted by Crippen LogP contribution is 2.24. The first-order valence-electron chi connectivity index (χ1n) is 6.57. The summed E-state index contributed by atoms with van der Waals surface area (Å²) in [5, 5.41) is 14.4. The number of aromatic nitrogens is 3. The Morgan fingerprint density at radius 3 is 2.85 bits per heavy atom. The van der Waals surface area contributed by atoms with Crippen molar-refractivity contribution in [1.82, 2.24) is 14.8 Å². The molecule has 3 N–H and O–H groups in total. The van der Waals surface area contributed by atoms with Gasteiger partial charge in [-0.1, -0.05) is 13.8 Å². The smallest absolute Gasteiger partial charge is 0.138 e. The van der Waals surface area contributed by atoms with Crippen LogP contribution in [0.15, 0.2) is 24.5 Å². The van der Waals surface area contributed by atoms with Crippen molar-refractivity contribution < 1.29 is 9.50 Å². The molecule has 0 saturated carbocycles. The predicted molar refractivity (Wildman–Crippen MR) is 74.3 cm³/mol. The van der Waals surface area contributed by atoms with Crippen LogP contribution in [-0.2, 0) is 13.0 Å². The molecule has 0 bridgehead atoms. The Morgan fingerprint density at radius 1 is 1.40 bits per heavy atom. The van der Waals surface area contributed by atoms with Gasteiger partial charge in [0.05, 0.1) is 6.10 Å². The molecule has 0 aliphatic carbocycles. The quantitative estimate of drug-likeness (QED) is 0.819. The molecular formula is C14H19FN4O. The first kappa shape index (κ1) is 14.5. The number of aliphatic hydroxyl groups excluding tert-OH is 1. The number of anilines is 1. The fourth-order valence-corrected chi connectivity index (χ4v) is 2.06. The molecule has 0 amide bonds. The van der Waals surface area contributed by atoms with E-state index in [4.69, 9.17) is 5.73 Å². The van der Waals surface area contributed by atoms with Crippen molar-refractivity contribution in [1.29, 1.82) is 0 Å². The lowest BCUT2D eigenvalue weighted by atomic mass is 10.0. The minimum absolute atomic E-state index is 0.250. The molecule has 0 radical (unpaired) electrons. The second kappa shape index (κ2) is 6.00. The zero-order valence-corrected chi connectivity index (χ0v) is 11.6. The van der Waals surface area contributed by atoms with Crippen LogP contribution in [0.1, 0.15) is 31.3 Å². The van der Waals surface area contributed by atoms with Crippen LogP contribution in [0.4, 0.5) is 10.1 Å². The van der Waals surface area contributed by atoms with Gasteiger partial charge in [-0.15, -0.1) is 0 Å². The normalized spacial score (nSPS) is 12.8. The van der Waals surface area contributed by atoms with Crippen LogP contribution in [0.5, 0.6) is 0 Å². The van der Waals surface area contributed by atoms with Crippen LogP contribution < -0.4 is 5.73 Å². The van der Waals surface area contributed by atoms with Crippen molar-refractivity contribution in [3.63, 3.8) is 0 Å². The standard InChI is InChI=1S/C14H19FN4O/c1-9(2)7-19-14(17-8-18-19)6-13(20)11-5-10(15)3-4-12(11)16/h3-5,8-9,13,20H,6-7,16H2,1-2H3. The molecule has 0 aliphatic heterocycles. The van der Waals surface area contributed by atoms with E-state index in [0.29, 0.717) is 23.0 Å². The number of nitrogens with two attached hydrogens (primary N) is 1. The fourth-order valence-electron chi connectivity index (χ4n) is 2.06. The van der Waals surface area contributed by atoms with Gasteiger partial charge in [0.2, 0.25) is 0 Å². The maximum Gasteiger partial charge on any atom is 0.138 e. The van der Waals surface area contributed by atoms with Crippen LogP contribution in [0.2, 0.25) is 0 Å². The molecule has 0 aliphatic rings. The fraction of sp³-hybridized carbons (Fsp3) is 0.429. The van der Waals surface area contributed by atoms with Crippen molar-refractivity contribution in [2.75, 3.05) is 5.73 Å². The summed E-state index contributed by atoms with van der Waals surface area (Å²) in [7, 11) is 0. The number of benzene rings is 1. The van der Waals surface area contributed by atoms with Crippen LogP contribution in [0.3, 0.4) is 0 Å². The predicted octanol–water partition coefficient (Wildman–Crippen LogP) is 1.93. The Hall–Kier alpha value is -1.95.